The Balaban J connectivity index is 1.78. The standard InChI is InChI=1S/C19H20ClN5O2S2/c1-11-5-6-13(20)10-14(11)22-18(27)12(2)29-19-24-23-17(15-4-3-9-28-15)25(19)8-7-16(21)26/h3-6,9-10,12H,7-8H2,1-2H3,(H2,21,26)(H,22,27)/t12-/m0/s1. The van der Waals surface area contributed by atoms with E-state index >= 15 is 0 Å². The molecule has 29 heavy (non-hydrogen) atoms. The van der Waals surface area contributed by atoms with Crippen molar-refractivity contribution >= 4 is 52.2 Å². The van der Waals surface area contributed by atoms with Gasteiger partial charge in [-0.05, 0) is 43.0 Å². The molecule has 0 saturated carbocycles. The zero-order valence-electron chi connectivity index (χ0n) is 15.9. The monoisotopic (exact) mass is 449 g/mol. The van der Waals surface area contributed by atoms with Crippen LogP contribution in [0.25, 0.3) is 10.7 Å². The van der Waals surface area contributed by atoms with Gasteiger partial charge in [-0.3, -0.25) is 9.59 Å². The number of thioether (sulfide) groups is 1. The van der Waals surface area contributed by atoms with E-state index in [1.54, 1.807) is 19.1 Å². The molecule has 2 heterocycles. The first kappa shape index (κ1) is 21.4. The molecule has 2 amide bonds. The van der Waals surface area contributed by atoms with Crippen LogP contribution in [-0.4, -0.2) is 31.8 Å². The minimum absolute atomic E-state index is 0.159. The molecule has 1 aromatic carbocycles. The fourth-order valence-electron chi connectivity index (χ4n) is 2.56. The molecule has 0 saturated heterocycles. The fraction of sp³-hybridized carbons (Fsp3) is 0.263. The number of primary amides is 1. The summed E-state index contributed by atoms with van der Waals surface area (Å²) in [6, 6.07) is 9.20. The zero-order valence-corrected chi connectivity index (χ0v) is 18.3. The highest BCUT2D eigenvalue weighted by Crippen LogP contribution is 2.30. The molecular formula is C19H20ClN5O2S2. The van der Waals surface area contributed by atoms with E-state index in [2.05, 4.69) is 15.5 Å². The molecule has 3 aromatic rings. The van der Waals surface area contributed by atoms with Crippen LogP contribution in [0.4, 0.5) is 5.69 Å². The van der Waals surface area contributed by atoms with Gasteiger partial charge in [0.2, 0.25) is 11.8 Å². The maximum Gasteiger partial charge on any atom is 0.237 e. The summed E-state index contributed by atoms with van der Waals surface area (Å²) in [5, 5.41) is 14.0. The number of thiophene rings is 1. The van der Waals surface area contributed by atoms with Crippen LogP contribution >= 0.6 is 34.7 Å². The molecule has 0 aliphatic rings. The van der Waals surface area contributed by atoms with Gasteiger partial charge in [-0.2, -0.15) is 0 Å². The highest BCUT2D eigenvalue weighted by atomic mass is 35.5. The number of carbonyl (C=O) groups is 2. The van der Waals surface area contributed by atoms with E-state index in [4.69, 9.17) is 17.3 Å². The lowest BCUT2D eigenvalue weighted by molar-refractivity contribution is -0.118. The minimum atomic E-state index is -0.443. The lowest BCUT2D eigenvalue weighted by Gasteiger charge is -2.14. The molecule has 7 nitrogen and oxygen atoms in total. The van der Waals surface area contributed by atoms with Gasteiger partial charge in [-0.15, -0.1) is 21.5 Å². The SMILES string of the molecule is Cc1ccc(Cl)cc1NC(=O)[C@H](C)Sc1nnc(-c2cccs2)n1CCC(N)=O. The minimum Gasteiger partial charge on any atom is -0.370 e. The maximum atomic E-state index is 12.7. The number of rotatable bonds is 8. The number of carbonyl (C=O) groups excluding carboxylic acids is 2. The van der Waals surface area contributed by atoms with Gasteiger partial charge in [0.25, 0.3) is 0 Å². The number of nitrogens with zero attached hydrogens (tertiary/aromatic N) is 3. The molecule has 3 rings (SSSR count). The number of anilines is 1. The summed E-state index contributed by atoms with van der Waals surface area (Å²) in [6.07, 6.45) is 0.159. The molecular weight excluding hydrogens is 430 g/mol. The Labute approximate surface area is 181 Å². The number of halogens is 1. The van der Waals surface area contributed by atoms with Crippen molar-refractivity contribution in [1.82, 2.24) is 14.8 Å². The maximum absolute atomic E-state index is 12.7. The lowest BCUT2D eigenvalue weighted by Crippen LogP contribution is -2.23. The van der Waals surface area contributed by atoms with Crippen LogP contribution in [0.1, 0.15) is 18.9 Å². The van der Waals surface area contributed by atoms with Crippen molar-refractivity contribution in [2.45, 2.75) is 37.2 Å². The van der Waals surface area contributed by atoms with E-state index in [1.165, 1.54) is 23.1 Å². The van der Waals surface area contributed by atoms with E-state index < -0.39 is 11.2 Å². The molecule has 152 valence electrons. The summed E-state index contributed by atoms with van der Waals surface area (Å²) in [7, 11) is 0. The second kappa shape index (κ2) is 9.43. The first-order chi connectivity index (χ1) is 13.8. The Morgan fingerprint density at radius 2 is 2.14 bits per heavy atom. The lowest BCUT2D eigenvalue weighted by atomic mass is 10.2. The summed E-state index contributed by atoms with van der Waals surface area (Å²) < 4.78 is 1.83. The van der Waals surface area contributed by atoms with E-state index in [1.807, 2.05) is 35.1 Å². The van der Waals surface area contributed by atoms with Gasteiger partial charge in [0.1, 0.15) is 0 Å². The van der Waals surface area contributed by atoms with Crippen LogP contribution in [-0.2, 0) is 16.1 Å². The molecule has 0 bridgehead atoms. The van der Waals surface area contributed by atoms with Crippen molar-refractivity contribution in [3.63, 3.8) is 0 Å². The number of nitrogens with two attached hydrogens (primary N) is 1. The largest absolute Gasteiger partial charge is 0.370 e. The van der Waals surface area contributed by atoms with Gasteiger partial charge in [0.05, 0.1) is 10.1 Å². The number of hydrogen-bond acceptors (Lipinski definition) is 6. The third-order valence-electron chi connectivity index (χ3n) is 4.15. The van der Waals surface area contributed by atoms with Crippen molar-refractivity contribution in [2.24, 2.45) is 5.73 Å². The quantitative estimate of drug-likeness (QED) is 0.506. The number of nitrogens with one attached hydrogen (secondary N) is 1. The molecule has 0 aliphatic carbocycles. The molecule has 0 fully saturated rings. The highest BCUT2D eigenvalue weighted by Gasteiger charge is 2.22. The number of aryl methyl sites for hydroxylation is 1. The second-order valence-corrected chi connectivity index (χ2v) is 9.05. The molecule has 3 N–H and O–H groups in total. The van der Waals surface area contributed by atoms with Crippen LogP contribution < -0.4 is 11.1 Å². The average molecular weight is 450 g/mol. The number of aromatic nitrogens is 3. The second-order valence-electron chi connectivity index (χ2n) is 6.36. The van der Waals surface area contributed by atoms with Crippen LogP contribution in [0, 0.1) is 6.92 Å². The third-order valence-corrected chi connectivity index (χ3v) is 6.33. The summed E-state index contributed by atoms with van der Waals surface area (Å²) in [5.74, 6) is 0.0681. The van der Waals surface area contributed by atoms with Crippen molar-refractivity contribution in [3.8, 4) is 10.7 Å². The molecule has 0 unspecified atom stereocenters. The van der Waals surface area contributed by atoms with Crippen LogP contribution in [0.15, 0.2) is 40.9 Å². The molecule has 0 radical (unpaired) electrons. The Bertz CT molecular complexity index is 1020. The summed E-state index contributed by atoms with van der Waals surface area (Å²) in [4.78, 5) is 24.9. The van der Waals surface area contributed by atoms with E-state index in [-0.39, 0.29) is 12.3 Å². The van der Waals surface area contributed by atoms with Crippen molar-refractivity contribution < 1.29 is 9.59 Å². The number of benzene rings is 1. The first-order valence-corrected chi connectivity index (χ1v) is 11.0. The molecule has 10 heteroatoms. The van der Waals surface area contributed by atoms with Gasteiger partial charge in [-0.25, -0.2) is 0 Å². The Morgan fingerprint density at radius 1 is 1.34 bits per heavy atom. The Hall–Kier alpha value is -2.36. The van der Waals surface area contributed by atoms with Crippen LogP contribution in [0.3, 0.4) is 0 Å². The molecule has 0 aliphatic heterocycles. The summed E-state index contributed by atoms with van der Waals surface area (Å²) in [6.45, 7) is 4.04. The van der Waals surface area contributed by atoms with Gasteiger partial charge < -0.3 is 15.6 Å². The summed E-state index contributed by atoms with van der Waals surface area (Å²) in [5.41, 5.74) is 6.91. The summed E-state index contributed by atoms with van der Waals surface area (Å²) >= 11 is 8.83. The van der Waals surface area contributed by atoms with E-state index in [9.17, 15) is 9.59 Å². The van der Waals surface area contributed by atoms with Crippen LogP contribution in [0.2, 0.25) is 5.02 Å². The molecule has 1 atom stereocenters. The molecule has 2 aromatic heterocycles. The van der Waals surface area contributed by atoms with E-state index in [0.29, 0.717) is 28.2 Å². The van der Waals surface area contributed by atoms with Gasteiger partial charge >= 0.3 is 0 Å². The molecule has 0 spiro atoms. The number of amides is 2. The Morgan fingerprint density at radius 3 is 2.83 bits per heavy atom. The predicted molar refractivity (Wildman–Crippen MR) is 117 cm³/mol. The first-order valence-electron chi connectivity index (χ1n) is 8.84. The average Bonchev–Trinajstić information content (AvgIpc) is 3.32. The topological polar surface area (TPSA) is 103 Å². The van der Waals surface area contributed by atoms with Gasteiger partial charge in [0.15, 0.2) is 11.0 Å². The van der Waals surface area contributed by atoms with Crippen molar-refractivity contribution in [2.75, 3.05) is 5.32 Å². The van der Waals surface area contributed by atoms with Gasteiger partial charge in [-0.1, -0.05) is 35.5 Å². The normalized spacial score (nSPS) is 12.0. The Kier molecular flexibility index (Phi) is 6.94. The predicted octanol–water partition coefficient (Wildman–Crippen LogP) is 3.96. The highest BCUT2D eigenvalue weighted by molar-refractivity contribution is 8.00. The third kappa shape index (κ3) is 5.37. The van der Waals surface area contributed by atoms with Crippen molar-refractivity contribution in [3.05, 3.63) is 46.3 Å². The smallest absolute Gasteiger partial charge is 0.237 e. The number of hydrogen-bond donors (Lipinski definition) is 2. The van der Waals surface area contributed by atoms with Crippen LogP contribution in [0.5, 0.6) is 0 Å². The van der Waals surface area contributed by atoms with Gasteiger partial charge in [0, 0.05) is 23.7 Å². The zero-order chi connectivity index (χ0) is 21.0. The fourth-order valence-corrected chi connectivity index (χ4v) is 4.33. The van der Waals surface area contributed by atoms with Crippen molar-refractivity contribution in [1.29, 1.82) is 0 Å². The van der Waals surface area contributed by atoms with E-state index in [0.717, 1.165) is 10.4 Å².